The van der Waals surface area contributed by atoms with Crippen LogP contribution in [-0.4, -0.2) is 35.4 Å². The molecule has 0 bridgehead atoms. The standard InChI is InChI=1S/C14H21NO3/c1-2-3-7-10-15(13(11-16)14(17)18)12-8-5-4-6-9-12/h4-6,8-9,13,16H,2-3,7,10-11H2,1H3,(H,17,18). The largest absolute Gasteiger partial charge is 0.480 e. The van der Waals surface area contributed by atoms with Gasteiger partial charge in [-0.15, -0.1) is 0 Å². The van der Waals surface area contributed by atoms with E-state index < -0.39 is 12.0 Å². The second-order valence-electron chi connectivity index (χ2n) is 4.27. The summed E-state index contributed by atoms with van der Waals surface area (Å²) in [5.41, 5.74) is 0.843. The van der Waals surface area contributed by atoms with Gasteiger partial charge in [-0.05, 0) is 18.6 Å². The fourth-order valence-electron chi connectivity index (χ4n) is 1.93. The predicted molar refractivity (Wildman–Crippen MR) is 71.8 cm³/mol. The third-order valence-electron chi connectivity index (χ3n) is 2.92. The van der Waals surface area contributed by atoms with Gasteiger partial charge in [0.2, 0.25) is 0 Å². The molecule has 0 amide bonds. The molecule has 0 fully saturated rings. The Morgan fingerprint density at radius 3 is 2.44 bits per heavy atom. The van der Waals surface area contributed by atoms with E-state index in [1.807, 2.05) is 30.3 Å². The van der Waals surface area contributed by atoms with Gasteiger partial charge in [0.15, 0.2) is 6.04 Å². The van der Waals surface area contributed by atoms with E-state index in [-0.39, 0.29) is 6.61 Å². The van der Waals surface area contributed by atoms with Crippen LogP contribution < -0.4 is 4.90 Å². The summed E-state index contributed by atoms with van der Waals surface area (Å²) in [4.78, 5) is 12.9. The van der Waals surface area contributed by atoms with Crippen molar-refractivity contribution in [3.05, 3.63) is 30.3 Å². The first-order chi connectivity index (χ1) is 8.70. The number of hydrogen-bond acceptors (Lipinski definition) is 3. The van der Waals surface area contributed by atoms with Gasteiger partial charge >= 0.3 is 5.97 Å². The summed E-state index contributed by atoms with van der Waals surface area (Å²) < 4.78 is 0. The molecule has 0 radical (unpaired) electrons. The summed E-state index contributed by atoms with van der Waals surface area (Å²) in [5, 5.41) is 18.4. The summed E-state index contributed by atoms with van der Waals surface area (Å²) in [7, 11) is 0. The molecule has 100 valence electrons. The minimum atomic E-state index is -0.988. The highest BCUT2D eigenvalue weighted by Gasteiger charge is 2.24. The van der Waals surface area contributed by atoms with Crippen LogP contribution >= 0.6 is 0 Å². The normalized spacial score (nSPS) is 12.1. The minimum absolute atomic E-state index is 0.379. The van der Waals surface area contributed by atoms with E-state index in [1.54, 1.807) is 4.90 Å². The molecule has 0 heterocycles. The number of aliphatic hydroxyl groups is 1. The first-order valence-electron chi connectivity index (χ1n) is 6.36. The van der Waals surface area contributed by atoms with Gasteiger partial charge in [0.05, 0.1) is 6.61 Å². The molecule has 0 aliphatic rings. The van der Waals surface area contributed by atoms with Crippen LogP contribution in [0.25, 0.3) is 0 Å². The molecule has 1 aromatic rings. The van der Waals surface area contributed by atoms with Crippen molar-refractivity contribution in [1.29, 1.82) is 0 Å². The maximum absolute atomic E-state index is 11.2. The third kappa shape index (κ3) is 4.04. The molecule has 1 aromatic carbocycles. The quantitative estimate of drug-likeness (QED) is 0.695. The van der Waals surface area contributed by atoms with Crippen molar-refractivity contribution in [1.82, 2.24) is 0 Å². The van der Waals surface area contributed by atoms with Crippen LogP contribution in [0.5, 0.6) is 0 Å². The number of carboxylic acid groups (broad SMARTS) is 1. The molecule has 4 nitrogen and oxygen atoms in total. The number of hydrogen-bond donors (Lipinski definition) is 2. The molecule has 4 heteroatoms. The van der Waals surface area contributed by atoms with Crippen LogP contribution in [0.15, 0.2) is 30.3 Å². The van der Waals surface area contributed by atoms with Gasteiger partial charge in [-0.1, -0.05) is 38.0 Å². The summed E-state index contributed by atoms with van der Waals surface area (Å²) in [6.45, 7) is 2.37. The Bertz CT molecular complexity index is 353. The van der Waals surface area contributed by atoms with E-state index in [0.717, 1.165) is 24.9 Å². The molecular formula is C14H21NO3. The first-order valence-corrected chi connectivity index (χ1v) is 6.36. The van der Waals surface area contributed by atoms with Gasteiger partial charge in [-0.25, -0.2) is 4.79 Å². The molecule has 0 aromatic heterocycles. The van der Waals surface area contributed by atoms with Crippen molar-refractivity contribution >= 4 is 11.7 Å². The number of anilines is 1. The molecular weight excluding hydrogens is 230 g/mol. The Labute approximate surface area is 108 Å². The fraction of sp³-hybridized carbons (Fsp3) is 0.500. The summed E-state index contributed by atoms with van der Waals surface area (Å²) >= 11 is 0. The second kappa shape index (κ2) is 7.71. The van der Waals surface area contributed by atoms with Crippen LogP contribution in [0.1, 0.15) is 26.2 Å². The number of unbranched alkanes of at least 4 members (excludes halogenated alkanes) is 2. The number of benzene rings is 1. The van der Waals surface area contributed by atoms with Gasteiger partial charge in [0, 0.05) is 12.2 Å². The van der Waals surface area contributed by atoms with E-state index in [9.17, 15) is 9.90 Å². The molecule has 0 saturated carbocycles. The Kier molecular flexibility index (Phi) is 6.22. The van der Waals surface area contributed by atoms with Crippen molar-refractivity contribution in [3.63, 3.8) is 0 Å². The Balaban J connectivity index is 2.83. The van der Waals surface area contributed by atoms with E-state index >= 15 is 0 Å². The van der Waals surface area contributed by atoms with Gasteiger partial charge in [0.1, 0.15) is 0 Å². The number of aliphatic hydroxyl groups excluding tert-OH is 1. The highest BCUT2D eigenvalue weighted by Crippen LogP contribution is 2.17. The Hall–Kier alpha value is -1.55. The number of rotatable bonds is 8. The van der Waals surface area contributed by atoms with E-state index in [1.165, 1.54) is 0 Å². The van der Waals surface area contributed by atoms with Crippen molar-refractivity contribution in [2.24, 2.45) is 0 Å². The van der Waals surface area contributed by atoms with Crippen LogP contribution in [0.3, 0.4) is 0 Å². The van der Waals surface area contributed by atoms with Gasteiger partial charge in [-0.3, -0.25) is 0 Å². The maximum Gasteiger partial charge on any atom is 0.328 e. The molecule has 1 rings (SSSR count). The second-order valence-corrected chi connectivity index (χ2v) is 4.27. The van der Waals surface area contributed by atoms with E-state index in [4.69, 9.17) is 5.11 Å². The van der Waals surface area contributed by atoms with Gasteiger partial charge in [-0.2, -0.15) is 0 Å². The zero-order chi connectivity index (χ0) is 13.4. The van der Waals surface area contributed by atoms with Crippen molar-refractivity contribution < 1.29 is 15.0 Å². The monoisotopic (exact) mass is 251 g/mol. The first kappa shape index (κ1) is 14.5. The lowest BCUT2D eigenvalue weighted by Gasteiger charge is -2.29. The lowest BCUT2D eigenvalue weighted by atomic mass is 10.1. The van der Waals surface area contributed by atoms with Crippen LogP contribution in [0.4, 0.5) is 5.69 Å². The SMILES string of the molecule is CCCCCN(c1ccccc1)C(CO)C(=O)O. The Morgan fingerprint density at radius 2 is 1.94 bits per heavy atom. The average Bonchev–Trinajstić information content (AvgIpc) is 2.38. The number of nitrogens with zero attached hydrogens (tertiary/aromatic N) is 1. The molecule has 1 atom stereocenters. The van der Waals surface area contributed by atoms with Crippen molar-refractivity contribution in [3.8, 4) is 0 Å². The van der Waals surface area contributed by atoms with Gasteiger partial charge in [0.25, 0.3) is 0 Å². The average molecular weight is 251 g/mol. The summed E-state index contributed by atoms with van der Waals surface area (Å²) in [6, 6.07) is 8.51. The van der Waals surface area contributed by atoms with Crippen molar-refractivity contribution in [2.45, 2.75) is 32.2 Å². The molecule has 1 unspecified atom stereocenters. The minimum Gasteiger partial charge on any atom is -0.480 e. The lowest BCUT2D eigenvalue weighted by Crippen LogP contribution is -2.44. The number of para-hydroxylation sites is 1. The van der Waals surface area contributed by atoms with Gasteiger partial charge < -0.3 is 15.1 Å². The molecule has 18 heavy (non-hydrogen) atoms. The Morgan fingerprint density at radius 1 is 1.28 bits per heavy atom. The fourth-order valence-corrected chi connectivity index (χ4v) is 1.93. The molecule has 0 saturated heterocycles. The lowest BCUT2D eigenvalue weighted by molar-refractivity contribution is -0.139. The topological polar surface area (TPSA) is 60.8 Å². The summed E-state index contributed by atoms with van der Waals surface area (Å²) in [6.07, 6.45) is 3.07. The van der Waals surface area contributed by atoms with Crippen LogP contribution in [0.2, 0.25) is 0 Å². The maximum atomic E-state index is 11.2. The number of carbonyl (C=O) groups is 1. The third-order valence-corrected chi connectivity index (χ3v) is 2.92. The molecule has 2 N–H and O–H groups in total. The van der Waals surface area contributed by atoms with Crippen LogP contribution in [0, 0.1) is 0 Å². The number of carboxylic acids is 1. The highest BCUT2D eigenvalue weighted by atomic mass is 16.4. The van der Waals surface area contributed by atoms with E-state index in [2.05, 4.69) is 6.92 Å². The van der Waals surface area contributed by atoms with E-state index in [0.29, 0.717) is 6.54 Å². The summed E-state index contributed by atoms with van der Waals surface area (Å²) in [5.74, 6) is -0.988. The van der Waals surface area contributed by atoms with Crippen molar-refractivity contribution in [2.75, 3.05) is 18.1 Å². The molecule has 0 aliphatic heterocycles. The molecule has 0 aliphatic carbocycles. The number of aliphatic carboxylic acids is 1. The van der Waals surface area contributed by atoms with Crippen LogP contribution in [-0.2, 0) is 4.79 Å². The predicted octanol–water partition coefficient (Wildman–Crippen LogP) is 2.13. The molecule has 0 spiro atoms. The highest BCUT2D eigenvalue weighted by molar-refractivity contribution is 5.78. The zero-order valence-electron chi connectivity index (χ0n) is 10.7. The smallest absolute Gasteiger partial charge is 0.328 e. The zero-order valence-corrected chi connectivity index (χ0v) is 10.7.